The molecule has 0 saturated heterocycles. The Morgan fingerprint density at radius 3 is 2.39 bits per heavy atom. The SMILES string of the molecule is CCC[C@H](C)[C@@H](O)[C@@H](C)COCc1ccccc1. The molecule has 2 heteroatoms. The molecule has 0 fully saturated rings. The van der Waals surface area contributed by atoms with Crippen molar-refractivity contribution in [3.8, 4) is 0 Å². The highest BCUT2D eigenvalue weighted by Gasteiger charge is 2.20. The van der Waals surface area contributed by atoms with Gasteiger partial charge in [-0.1, -0.05) is 57.5 Å². The van der Waals surface area contributed by atoms with Gasteiger partial charge < -0.3 is 9.84 Å². The van der Waals surface area contributed by atoms with Crippen LogP contribution in [-0.4, -0.2) is 17.8 Å². The molecule has 0 aromatic heterocycles. The summed E-state index contributed by atoms with van der Waals surface area (Å²) in [7, 11) is 0. The van der Waals surface area contributed by atoms with Gasteiger partial charge in [-0.3, -0.25) is 0 Å². The summed E-state index contributed by atoms with van der Waals surface area (Å²) in [6, 6.07) is 10.1. The van der Waals surface area contributed by atoms with Crippen molar-refractivity contribution in [3.05, 3.63) is 35.9 Å². The first kappa shape index (κ1) is 15.2. The molecule has 1 aromatic carbocycles. The quantitative estimate of drug-likeness (QED) is 0.763. The summed E-state index contributed by atoms with van der Waals surface area (Å²) in [6.07, 6.45) is 1.93. The lowest BCUT2D eigenvalue weighted by Crippen LogP contribution is -2.28. The number of aliphatic hydroxyl groups excluding tert-OH is 1. The average Bonchev–Trinajstić information content (AvgIpc) is 2.39. The van der Waals surface area contributed by atoms with Gasteiger partial charge in [0.15, 0.2) is 0 Å². The second kappa shape index (κ2) is 8.28. The van der Waals surface area contributed by atoms with Crippen molar-refractivity contribution in [2.45, 2.75) is 46.3 Å². The van der Waals surface area contributed by atoms with Gasteiger partial charge in [-0.25, -0.2) is 0 Å². The standard InChI is InChI=1S/C16H26O2/c1-4-8-13(2)16(17)14(3)11-18-12-15-9-6-5-7-10-15/h5-7,9-10,13-14,16-17H,4,8,11-12H2,1-3H3/t13-,14-,16+/m0/s1. The van der Waals surface area contributed by atoms with E-state index in [0.29, 0.717) is 19.1 Å². The van der Waals surface area contributed by atoms with Gasteiger partial charge in [-0.15, -0.1) is 0 Å². The fraction of sp³-hybridized carbons (Fsp3) is 0.625. The molecule has 0 saturated carbocycles. The Labute approximate surface area is 111 Å². The first-order valence-corrected chi connectivity index (χ1v) is 6.94. The van der Waals surface area contributed by atoms with E-state index in [9.17, 15) is 5.11 Å². The Hall–Kier alpha value is -0.860. The van der Waals surface area contributed by atoms with E-state index < -0.39 is 0 Å². The largest absolute Gasteiger partial charge is 0.392 e. The van der Waals surface area contributed by atoms with Gasteiger partial charge >= 0.3 is 0 Å². The lowest BCUT2D eigenvalue weighted by atomic mass is 9.91. The number of rotatable bonds is 8. The number of aliphatic hydroxyl groups is 1. The van der Waals surface area contributed by atoms with Gasteiger partial charge in [0.1, 0.15) is 0 Å². The molecule has 0 amide bonds. The van der Waals surface area contributed by atoms with E-state index in [0.717, 1.165) is 12.8 Å². The van der Waals surface area contributed by atoms with E-state index in [-0.39, 0.29) is 12.0 Å². The number of ether oxygens (including phenoxy) is 1. The minimum atomic E-state index is -0.263. The molecular weight excluding hydrogens is 224 g/mol. The van der Waals surface area contributed by atoms with Crippen molar-refractivity contribution in [1.82, 2.24) is 0 Å². The van der Waals surface area contributed by atoms with Crippen LogP contribution in [-0.2, 0) is 11.3 Å². The smallest absolute Gasteiger partial charge is 0.0717 e. The third kappa shape index (κ3) is 5.19. The van der Waals surface area contributed by atoms with Crippen molar-refractivity contribution in [1.29, 1.82) is 0 Å². The highest BCUT2D eigenvalue weighted by molar-refractivity contribution is 5.13. The molecule has 102 valence electrons. The van der Waals surface area contributed by atoms with Crippen molar-refractivity contribution in [2.24, 2.45) is 11.8 Å². The van der Waals surface area contributed by atoms with E-state index >= 15 is 0 Å². The highest BCUT2D eigenvalue weighted by Crippen LogP contribution is 2.18. The van der Waals surface area contributed by atoms with Crippen molar-refractivity contribution in [2.75, 3.05) is 6.61 Å². The molecule has 1 rings (SSSR count). The van der Waals surface area contributed by atoms with Gasteiger partial charge in [-0.05, 0) is 17.9 Å². The first-order chi connectivity index (χ1) is 8.65. The molecule has 0 unspecified atom stereocenters. The maximum Gasteiger partial charge on any atom is 0.0717 e. The zero-order valence-electron chi connectivity index (χ0n) is 11.8. The predicted octanol–water partition coefficient (Wildman–Crippen LogP) is 3.64. The van der Waals surface area contributed by atoms with Crippen molar-refractivity contribution >= 4 is 0 Å². The lowest BCUT2D eigenvalue weighted by molar-refractivity contribution is 0.00210. The van der Waals surface area contributed by atoms with Crippen LogP contribution < -0.4 is 0 Å². The molecule has 3 atom stereocenters. The van der Waals surface area contributed by atoms with E-state index in [1.54, 1.807) is 0 Å². The number of hydrogen-bond donors (Lipinski definition) is 1. The predicted molar refractivity (Wildman–Crippen MR) is 75.3 cm³/mol. The highest BCUT2D eigenvalue weighted by atomic mass is 16.5. The molecule has 0 heterocycles. The monoisotopic (exact) mass is 250 g/mol. The summed E-state index contributed by atoms with van der Waals surface area (Å²) in [6.45, 7) is 7.56. The molecule has 18 heavy (non-hydrogen) atoms. The zero-order chi connectivity index (χ0) is 13.4. The van der Waals surface area contributed by atoms with Gasteiger partial charge in [0.05, 0.1) is 19.3 Å². The second-order valence-electron chi connectivity index (χ2n) is 5.23. The van der Waals surface area contributed by atoms with E-state index in [2.05, 4.69) is 32.9 Å². The third-order valence-electron chi connectivity index (χ3n) is 3.40. The Balaban J connectivity index is 2.26. The van der Waals surface area contributed by atoms with E-state index in [4.69, 9.17) is 4.74 Å². The van der Waals surface area contributed by atoms with E-state index in [1.165, 1.54) is 5.56 Å². The van der Waals surface area contributed by atoms with Crippen LogP contribution in [0.1, 0.15) is 39.2 Å². The van der Waals surface area contributed by atoms with Crippen LogP contribution in [0.4, 0.5) is 0 Å². The molecule has 0 aliphatic carbocycles. The van der Waals surface area contributed by atoms with Crippen LogP contribution in [0.3, 0.4) is 0 Å². The fourth-order valence-electron chi connectivity index (χ4n) is 2.22. The van der Waals surface area contributed by atoms with Crippen LogP contribution in [0.2, 0.25) is 0 Å². The Bertz CT molecular complexity index is 310. The summed E-state index contributed by atoms with van der Waals surface area (Å²) in [5.74, 6) is 0.542. The number of hydrogen-bond acceptors (Lipinski definition) is 2. The van der Waals surface area contributed by atoms with Gasteiger partial charge in [0, 0.05) is 5.92 Å². The topological polar surface area (TPSA) is 29.5 Å². The van der Waals surface area contributed by atoms with Crippen LogP contribution in [0.15, 0.2) is 30.3 Å². The summed E-state index contributed by atoms with van der Waals surface area (Å²) in [5, 5.41) is 10.1. The average molecular weight is 250 g/mol. The number of benzene rings is 1. The van der Waals surface area contributed by atoms with Crippen LogP contribution in [0.5, 0.6) is 0 Å². The molecule has 0 aliphatic rings. The second-order valence-corrected chi connectivity index (χ2v) is 5.23. The van der Waals surface area contributed by atoms with Crippen LogP contribution >= 0.6 is 0 Å². The normalized spacial score (nSPS) is 16.2. The Morgan fingerprint density at radius 2 is 1.78 bits per heavy atom. The maximum absolute atomic E-state index is 10.1. The Kier molecular flexibility index (Phi) is 6.99. The zero-order valence-corrected chi connectivity index (χ0v) is 11.8. The summed E-state index contributed by atoms with van der Waals surface area (Å²) in [5.41, 5.74) is 1.18. The molecule has 0 radical (unpaired) electrons. The van der Waals surface area contributed by atoms with Crippen molar-refractivity contribution < 1.29 is 9.84 Å². The molecule has 0 aliphatic heterocycles. The molecule has 0 bridgehead atoms. The molecular formula is C16H26O2. The van der Waals surface area contributed by atoms with Gasteiger partial charge in [0.25, 0.3) is 0 Å². The van der Waals surface area contributed by atoms with Crippen molar-refractivity contribution in [3.63, 3.8) is 0 Å². The molecule has 1 aromatic rings. The summed E-state index contributed by atoms with van der Waals surface area (Å²) in [4.78, 5) is 0. The summed E-state index contributed by atoms with van der Waals surface area (Å²) >= 11 is 0. The summed E-state index contributed by atoms with van der Waals surface area (Å²) < 4.78 is 5.67. The fourth-order valence-corrected chi connectivity index (χ4v) is 2.22. The molecule has 1 N–H and O–H groups in total. The minimum Gasteiger partial charge on any atom is -0.392 e. The minimum absolute atomic E-state index is 0.190. The van der Waals surface area contributed by atoms with Gasteiger partial charge in [-0.2, -0.15) is 0 Å². The van der Waals surface area contributed by atoms with Gasteiger partial charge in [0.2, 0.25) is 0 Å². The molecule has 2 nitrogen and oxygen atoms in total. The lowest BCUT2D eigenvalue weighted by Gasteiger charge is -2.24. The third-order valence-corrected chi connectivity index (χ3v) is 3.40. The maximum atomic E-state index is 10.1. The van der Waals surface area contributed by atoms with Crippen LogP contribution in [0, 0.1) is 11.8 Å². The first-order valence-electron chi connectivity index (χ1n) is 6.94. The Morgan fingerprint density at radius 1 is 1.11 bits per heavy atom. The van der Waals surface area contributed by atoms with E-state index in [1.807, 2.05) is 18.2 Å². The van der Waals surface area contributed by atoms with Crippen LogP contribution in [0.25, 0.3) is 0 Å². The molecule has 0 spiro atoms.